The second kappa shape index (κ2) is 5.09. The van der Waals surface area contributed by atoms with Crippen molar-refractivity contribution in [3.05, 3.63) is 12.7 Å². The molecule has 0 aromatic rings. The molecule has 3 aliphatic rings. The number of carbonyl (C=O) groups excluding carboxylic acids is 3. The highest BCUT2D eigenvalue weighted by Gasteiger charge is 2.71. The van der Waals surface area contributed by atoms with Gasteiger partial charge in [0.25, 0.3) is 0 Å². The maximum absolute atomic E-state index is 11.7. The molecule has 3 aliphatic heterocycles. The molecule has 0 aromatic carbocycles. The van der Waals surface area contributed by atoms with Crippen LogP contribution in [-0.4, -0.2) is 60.0 Å². The fourth-order valence-electron chi connectivity index (χ4n) is 3.13. The molecule has 0 radical (unpaired) electrons. The van der Waals surface area contributed by atoms with Gasteiger partial charge in [-0.2, -0.15) is 0 Å². The van der Waals surface area contributed by atoms with Gasteiger partial charge in [-0.3, -0.25) is 9.59 Å². The van der Waals surface area contributed by atoms with Crippen molar-refractivity contribution in [3.63, 3.8) is 0 Å². The Morgan fingerprint density at radius 2 is 2.00 bits per heavy atom. The highest BCUT2D eigenvalue weighted by molar-refractivity contribution is 5.86. The number of carboxylic acids is 1. The van der Waals surface area contributed by atoms with E-state index in [0.717, 1.165) is 6.08 Å². The number of ether oxygens (including phenoxy) is 4. The average molecular weight is 312 g/mol. The van der Waals surface area contributed by atoms with E-state index in [9.17, 15) is 24.3 Å². The lowest BCUT2D eigenvalue weighted by molar-refractivity contribution is -0.168. The minimum absolute atomic E-state index is 0.652. The van der Waals surface area contributed by atoms with Crippen LogP contribution < -0.4 is 0 Å². The largest absolute Gasteiger partial charge is 0.481 e. The summed E-state index contributed by atoms with van der Waals surface area (Å²) in [6.07, 6.45) is -2.64. The van der Waals surface area contributed by atoms with Gasteiger partial charge >= 0.3 is 23.9 Å². The zero-order valence-corrected chi connectivity index (χ0v) is 11.2. The van der Waals surface area contributed by atoms with E-state index in [0.29, 0.717) is 0 Å². The van der Waals surface area contributed by atoms with Crippen LogP contribution in [0.2, 0.25) is 0 Å². The van der Waals surface area contributed by atoms with Crippen molar-refractivity contribution in [1.82, 2.24) is 0 Å². The summed E-state index contributed by atoms with van der Waals surface area (Å²) in [4.78, 5) is 45.5. The molecule has 3 heterocycles. The van der Waals surface area contributed by atoms with E-state index < -0.39 is 66.7 Å². The SMILES string of the molecule is C=CC(=O)OCC(=O)OC1C2OC(=O)C3C2OC1C3C(=O)O. The maximum atomic E-state index is 11.7. The number of hydrogen-bond donors (Lipinski definition) is 1. The Hall–Kier alpha value is -2.42. The third kappa shape index (κ3) is 2.05. The smallest absolute Gasteiger partial charge is 0.344 e. The van der Waals surface area contributed by atoms with Gasteiger partial charge in [-0.15, -0.1) is 0 Å². The van der Waals surface area contributed by atoms with Crippen LogP contribution in [0.25, 0.3) is 0 Å². The number of esters is 3. The van der Waals surface area contributed by atoms with Crippen LogP contribution in [0.5, 0.6) is 0 Å². The van der Waals surface area contributed by atoms with Crippen molar-refractivity contribution in [2.45, 2.75) is 24.4 Å². The zero-order valence-electron chi connectivity index (χ0n) is 11.2. The van der Waals surface area contributed by atoms with Gasteiger partial charge < -0.3 is 24.1 Å². The molecule has 0 aliphatic carbocycles. The van der Waals surface area contributed by atoms with E-state index in [2.05, 4.69) is 11.3 Å². The fourth-order valence-corrected chi connectivity index (χ4v) is 3.13. The summed E-state index contributed by atoms with van der Waals surface area (Å²) >= 11 is 0. The molecular weight excluding hydrogens is 300 g/mol. The van der Waals surface area contributed by atoms with E-state index >= 15 is 0 Å². The van der Waals surface area contributed by atoms with E-state index in [1.807, 2.05) is 0 Å². The van der Waals surface area contributed by atoms with Crippen molar-refractivity contribution in [2.24, 2.45) is 11.8 Å². The van der Waals surface area contributed by atoms with Gasteiger partial charge in [-0.05, 0) is 0 Å². The van der Waals surface area contributed by atoms with Crippen LogP contribution in [0.15, 0.2) is 12.7 Å². The van der Waals surface area contributed by atoms with Gasteiger partial charge in [0.2, 0.25) is 0 Å². The lowest BCUT2D eigenvalue weighted by atomic mass is 9.78. The first kappa shape index (κ1) is 14.5. The fraction of sp³-hybridized carbons (Fsp3) is 0.538. The molecule has 3 rings (SSSR count). The molecule has 6 unspecified atom stereocenters. The van der Waals surface area contributed by atoms with Gasteiger partial charge in [-0.1, -0.05) is 6.58 Å². The Morgan fingerprint density at radius 1 is 1.27 bits per heavy atom. The molecule has 6 atom stereocenters. The number of carboxylic acid groups (broad SMARTS) is 1. The van der Waals surface area contributed by atoms with Crippen LogP contribution in [0.4, 0.5) is 0 Å². The molecule has 9 heteroatoms. The second-order valence-electron chi connectivity index (χ2n) is 5.12. The Balaban J connectivity index is 1.69. The minimum atomic E-state index is -1.21. The Labute approximate surface area is 123 Å². The predicted octanol–water partition coefficient (Wildman–Crippen LogP) is -1.35. The summed E-state index contributed by atoms with van der Waals surface area (Å²) in [5, 5.41) is 9.22. The summed E-state index contributed by atoms with van der Waals surface area (Å²) in [6, 6.07) is 0. The highest BCUT2D eigenvalue weighted by Crippen LogP contribution is 2.51. The van der Waals surface area contributed by atoms with Gasteiger partial charge in [-0.25, -0.2) is 9.59 Å². The number of carbonyl (C=O) groups is 4. The molecule has 0 spiro atoms. The van der Waals surface area contributed by atoms with Crippen LogP contribution in [0.3, 0.4) is 0 Å². The van der Waals surface area contributed by atoms with E-state index in [4.69, 9.17) is 14.2 Å². The molecule has 3 saturated heterocycles. The van der Waals surface area contributed by atoms with Gasteiger partial charge in [0.15, 0.2) is 18.8 Å². The summed E-state index contributed by atoms with van der Waals surface area (Å²) in [5.41, 5.74) is 0. The number of aliphatic carboxylic acids is 1. The first-order valence-corrected chi connectivity index (χ1v) is 6.51. The summed E-state index contributed by atoms with van der Waals surface area (Å²) in [7, 11) is 0. The molecule has 9 nitrogen and oxygen atoms in total. The molecule has 2 bridgehead atoms. The monoisotopic (exact) mass is 312 g/mol. The highest BCUT2D eigenvalue weighted by atomic mass is 16.7. The van der Waals surface area contributed by atoms with Crippen molar-refractivity contribution in [1.29, 1.82) is 0 Å². The normalized spacial score (nSPS) is 37.5. The number of fused-ring (bicyclic) bond motifs is 1. The number of hydrogen-bond acceptors (Lipinski definition) is 8. The predicted molar refractivity (Wildman–Crippen MR) is 64.2 cm³/mol. The average Bonchev–Trinajstić information content (AvgIpc) is 3.07. The minimum Gasteiger partial charge on any atom is -0.481 e. The van der Waals surface area contributed by atoms with Crippen molar-refractivity contribution < 1.29 is 43.2 Å². The van der Waals surface area contributed by atoms with Crippen LogP contribution in [0, 0.1) is 11.8 Å². The van der Waals surface area contributed by atoms with Crippen LogP contribution in [-0.2, 0) is 38.1 Å². The van der Waals surface area contributed by atoms with Crippen molar-refractivity contribution in [2.75, 3.05) is 6.61 Å². The van der Waals surface area contributed by atoms with E-state index in [1.165, 1.54) is 0 Å². The Morgan fingerprint density at radius 3 is 2.64 bits per heavy atom. The molecule has 118 valence electrons. The van der Waals surface area contributed by atoms with E-state index in [-0.39, 0.29) is 0 Å². The summed E-state index contributed by atoms with van der Waals surface area (Å²) < 4.78 is 20.1. The van der Waals surface area contributed by atoms with Crippen molar-refractivity contribution >= 4 is 23.9 Å². The second-order valence-corrected chi connectivity index (χ2v) is 5.12. The first-order chi connectivity index (χ1) is 10.4. The number of rotatable bonds is 5. The quantitative estimate of drug-likeness (QED) is 0.372. The first-order valence-electron chi connectivity index (χ1n) is 6.51. The van der Waals surface area contributed by atoms with E-state index in [1.54, 1.807) is 0 Å². The topological polar surface area (TPSA) is 125 Å². The zero-order chi connectivity index (χ0) is 16.0. The maximum Gasteiger partial charge on any atom is 0.344 e. The molecule has 0 saturated carbocycles. The molecule has 0 amide bonds. The van der Waals surface area contributed by atoms with Gasteiger partial charge in [0.05, 0.1) is 0 Å². The van der Waals surface area contributed by atoms with Crippen LogP contribution in [0.1, 0.15) is 0 Å². The molecule has 3 fully saturated rings. The van der Waals surface area contributed by atoms with Gasteiger partial charge in [0, 0.05) is 6.08 Å². The van der Waals surface area contributed by atoms with Crippen molar-refractivity contribution in [3.8, 4) is 0 Å². The third-order valence-corrected chi connectivity index (χ3v) is 3.96. The third-order valence-electron chi connectivity index (χ3n) is 3.96. The summed E-state index contributed by atoms with van der Waals surface area (Å²) in [5.74, 6) is -5.56. The summed E-state index contributed by atoms with van der Waals surface area (Å²) in [6.45, 7) is 2.52. The van der Waals surface area contributed by atoms with Crippen LogP contribution >= 0.6 is 0 Å². The standard InChI is InChI=1S/C13H12O9/c1-2-4(14)19-3-5(15)20-10-8-6(12(16)17)7-9(21-8)11(10)22-13(7)18/h2,6-11H,1,3H2,(H,16,17). The Bertz CT molecular complexity index is 568. The van der Waals surface area contributed by atoms with Gasteiger partial charge in [0.1, 0.15) is 24.0 Å². The lowest BCUT2D eigenvalue weighted by Gasteiger charge is -2.25. The lowest BCUT2D eigenvalue weighted by Crippen LogP contribution is -2.47. The molecule has 22 heavy (non-hydrogen) atoms. The molecule has 1 N–H and O–H groups in total. The molecular formula is C13H12O9. The Kier molecular flexibility index (Phi) is 3.36. The molecule has 0 aromatic heterocycles.